The van der Waals surface area contributed by atoms with E-state index in [1.54, 1.807) is 0 Å². The second-order valence-corrected chi connectivity index (χ2v) is 7.74. The summed E-state index contributed by atoms with van der Waals surface area (Å²) in [6, 6.07) is 0. The molecule has 0 saturated heterocycles. The lowest BCUT2D eigenvalue weighted by Gasteiger charge is -2.31. The summed E-state index contributed by atoms with van der Waals surface area (Å²) in [6.45, 7) is 1.99. The van der Waals surface area contributed by atoms with Crippen molar-refractivity contribution in [2.75, 3.05) is 5.75 Å². The van der Waals surface area contributed by atoms with Crippen molar-refractivity contribution in [3.8, 4) is 0 Å². The number of aliphatic hydroxyl groups is 1. The van der Waals surface area contributed by atoms with E-state index in [1.807, 2.05) is 6.92 Å². The molecule has 1 saturated carbocycles. The molecule has 0 aliphatic heterocycles. The Bertz CT molecular complexity index is 532. The van der Waals surface area contributed by atoms with Crippen LogP contribution in [0.5, 0.6) is 0 Å². The van der Waals surface area contributed by atoms with Crippen molar-refractivity contribution in [1.29, 1.82) is 0 Å². The molecule has 1 aromatic heterocycles. The third-order valence-electron chi connectivity index (χ3n) is 3.60. The van der Waals surface area contributed by atoms with Crippen LogP contribution in [-0.2, 0) is 22.0 Å². The summed E-state index contributed by atoms with van der Waals surface area (Å²) in [5, 5.41) is 14.1. The van der Waals surface area contributed by atoms with Gasteiger partial charge in [-0.05, 0) is 19.3 Å². The van der Waals surface area contributed by atoms with Crippen LogP contribution in [0.1, 0.15) is 57.2 Å². The fourth-order valence-corrected chi connectivity index (χ4v) is 4.38. The van der Waals surface area contributed by atoms with Crippen molar-refractivity contribution in [1.82, 2.24) is 10.1 Å². The van der Waals surface area contributed by atoms with Crippen LogP contribution in [-0.4, -0.2) is 35.0 Å². The zero-order chi connectivity index (χ0) is 14.6. The highest BCUT2D eigenvalue weighted by Crippen LogP contribution is 2.29. The second kappa shape index (κ2) is 6.22. The Kier molecular flexibility index (Phi) is 4.80. The fourth-order valence-electron chi connectivity index (χ4n) is 2.68. The third kappa shape index (κ3) is 4.28. The van der Waals surface area contributed by atoms with Crippen LogP contribution in [0, 0.1) is 0 Å². The standard InChI is InChI=1S/C13H22N2O4S/c1-2-6-11-14-12(19-15-11)9-20(17,18)10-13(16)7-4-3-5-8-13/h16H,2-10H2,1H3. The summed E-state index contributed by atoms with van der Waals surface area (Å²) in [6.07, 6.45) is 5.49. The van der Waals surface area contributed by atoms with Crippen molar-refractivity contribution >= 4 is 9.84 Å². The van der Waals surface area contributed by atoms with Gasteiger partial charge in [-0.1, -0.05) is 31.3 Å². The van der Waals surface area contributed by atoms with Gasteiger partial charge in [-0.25, -0.2) is 8.42 Å². The molecule has 1 fully saturated rings. The van der Waals surface area contributed by atoms with E-state index < -0.39 is 15.4 Å². The van der Waals surface area contributed by atoms with E-state index in [1.165, 1.54) is 0 Å². The van der Waals surface area contributed by atoms with E-state index in [-0.39, 0.29) is 17.4 Å². The van der Waals surface area contributed by atoms with Gasteiger partial charge in [0.25, 0.3) is 0 Å². The first-order chi connectivity index (χ1) is 9.42. The molecule has 1 aliphatic carbocycles. The topological polar surface area (TPSA) is 93.3 Å². The number of aromatic nitrogens is 2. The number of sulfone groups is 1. The summed E-state index contributed by atoms with van der Waals surface area (Å²) in [5.41, 5.74) is -1.08. The molecule has 0 spiro atoms. The average molecular weight is 302 g/mol. The third-order valence-corrected chi connectivity index (χ3v) is 5.26. The SMILES string of the molecule is CCCc1noc(CS(=O)(=O)CC2(O)CCCCC2)n1. The predicted octanol–water partition coefficient (Wildman–Crippen LogP) is 1.63. The van der Waals surface area contributed by atoms with Gasteiger partial charge in [-0.15, -0.1) is 0 Å². The highest BCUT2D eigenvalue weighted by molar-refractivity contribution is 7.90. The Morgan fingerprint density at radius 1 is 1.30 bits per heavy atom. The smallest absolute Gasteiger partial charge is 0.241 e. The highest BCUT2D eigenvalue weighted by Gasteiger charge is 2.35. The zero-order valence-corrected chi connectivity index (χ0v) is 12.7. The minimum absolute atomic E-state index is 0.118. The van der Waals surface area contributed by atoms with Gasteiger partial charge < -0.3 is 9.63 Å². The van der Waals surface area contributed by atoms with Crippen molar-refractivity contribution in [3.05, 3.63) is 11.7 Å². The second-order valence-electron chi connectivity index (χ2n) is 5.67. The maximum Gasteiger partial charge on any atom is 0.241 e. The minimum atomic E-state index is -3.44. The molecule has 20 heavy (non-hydrogen) atoms. The molecule has 0 radical (unpaired) electrons. The van der Waals surface area contributed by atoms with Gasteiger partial charge in [0.2, 0.25) is 5.89 Å². The van der Waals surface area contributed by atoms with Gasteiger partial charge >= 0.3 is 0 Å². The quantitative estimate of drug-likeness (QED) is 0.858. The van der Waals surface area contributed by atoms with Crippen molar-refractivity contribution in [3.63, 3.8) is 0 Å². The van der Waals surface area contributed by atoms with Gasteiger partial charge in [-0.3, -0.25) is 0 Å². The molecular weight excluding hydrogens is 280 g/mol. The molecule has 7 heteroatoms. The maximum atomic E-state index is 12.2. The summed E-state index contributed by atoms with van der Waals surface area (Å²) in [4.78, 5) is 4.06. The first-order valence-electron chi connectivity index (χ1n) is 7.17. The van der Waals surface area contributed by atoms with Crippen LogP contribution < -0.4 is 0 Å². The summed E-state index contributed by atoms with van der Waals surface area (Å²) in [7, 11) is -3.44. The van der Waals surface area contributed by atoms with E-state index in [4.69, 9.17) is 4.52 Å². The first kappa shape index (κ1) is 15.4. The Labute approximate surface area is 119 Å². The Morgan fingerprint density at radius 3 is 2.65 bits per heavy atom. The van der Waals surface area contributed by atoms with Crippen LogP contribution in [0.4, 0.5) is 0 Å². The molecular formula is C13H22N2O4S. The monoisotopic (exact) mass is 302 g/mol. The molecule has 1 aliphatic rings. The summed E-state index contributed by atoms with van der Waals surface area (Å²) < 4.78 is 29.3. The fraction of sp³-hybridized carbons (Fsp3) is 0.846. The number of aryl methyl sites for hydroxylation is 1. The zero-order valence-electron chi connectivity index (χ0n) is 11.8. The number of hydrogen-bond acceptors (Lipinski definition) is 6. The van der Waals surface area contributed by atoms with E-state index >= 15 is 0 Å². The van der Waals surface area contributed by atoms with Crippen LogP contribution in [0.3, 0.4) is 0 Å². The number of hydrogen-bond donors (Lipinski definition) is 1. The van der Waals surface area contributed by atoms with Crippen molar-refractivity contribution in [2.45, 2.75) is 63.2 Å². The number of nitrogens with zero attached hydrogens (tertiary/aromatic N) is 2. The summed E-state index contributed by atoms with van der Waals surface area (Å²) >= 11 is 0. The van der Waals surface area contributed by atoms with E-state index in [2.05, 4.69) is 10.1 Å². The highest BCUT2D eigenvalue weighted by atomic mass is 32.2. The van der Waals surface area contributed by atoms with Crippen molar-refractivity contribution < 1.29 is 18.0 Å². The maximum absolute atomic E-state index is 12.2. The first-order valence-corrected chi connectivity index (χ1v) is 8.99. The van der Waals surface area contributed by atoms with Crippen LogP contribution in [0.25, 0.3) is 0 Å². The molecule has 1 aromatic rings. The van der Waals surface area contributed by atoms with E-state index in [9.17, 15) is 13.5 Å². The molecule has 0 amide bonds. The Hall–Kier alpha value is -0.950. The van der Waals surface area contributed by atoms with Gasteiger partial charge in [0.05, 0.1) is 11.4 Å². The molecule has 0 atom stereocenters. The van der Waals surface area contributed by atoms with Crippen LogP contribution in [0.15, 0.2) is 4.52 Å². The minimum Gasteiger partial charge on any atom is -0.389 e. The lowest BCUT2D eigenvalue weighted by Crippen LogP contribution is -2.39. The number of rotatable bonds is 6. The molecule has 0 aromatic carbocycles. The Balaban J connectivity index is 1.99. The average Bonchev–Trinajstić information content (AvgIpc) is 2.75. The van der Waals surface area contributed by atoms with Crippen LogP contribution in [0.2, 0.25) is 0 Å². The lowest BCUT2D eigenvalue weighted by atomic mass is 9.86. The molecule has 6 nitrogen and oxygen atoms in total. The van der Waals surface area contributed by atoms with Gasteiger partial charge in [0.1, 0.15) is 5.75 Å². The molecule has 1 heterocycles. The Morgan fingerprint density at radius 2 is 2.00 bits per heavy atom. The van der Waals surface area contributed by atoms with E-state index in [0.717, 1.165) is 25.7 Å². The molecule has 114 valence electrons. The van der Waals surface area contributed by atoms with Crippen LogP contribution >= 0.6 is 0 Å². The summed E-state index contributed by atoms with van der Waals surface area (Å²) in [5.74, 6) is 0.152. The molecule has 0 unspecified atom stereocenters. The normalized spacial score (nSPS) is 19.1. The van der Waals surface area contributed by atoms with Gasteiger partial charge in [0.15, 0.2) is 15.7 Å². The molecule has 1 N–H and O–H groups in total. The predicted molar refractivity (Wildman–Crippen MR) is 73.8 cm³/mol. The largest absolute Gasteiger partial charge is 0.389 e. The molecule has 0 bridgehead atoms. The van der Waals surface area contributed by atoms with Crippen molar-refractivity contribution in [2.24, 2.45) is 0 Å². The van der Waals surface area contributed by atoms with Gasteiger partial charge in [0, 0.05) is 6.42 Å². The van der Waals surface area contributed by atoms with E-state index in [0.29, 0.717) is 25.1 Å². The molecule has 2 rings (SSSR count). The van der Waals surface area contributed by atoms with Gasteiger partial charge in [-0.2, -0.15) is 4.98 Å². The lowest BCUT2D eigenvalue weighted by molar-refractivity contribution is 0.0256.